The third kappa shape index (κ3) is 5.99. The third-order valence-corrected chi connectivity index (χ3v) is 3.73. The summed E-state index contributed by atoms with van der Waals surface area (Å²) in [5, 5.41) is 0. The van der Waals surface area contributed by atoms with Gasteiger partial charge in [-0.25, -0.2) is 19.6 Å². The highest BCUT2D eigenvalue weighted by molar-refractivity contribution is 5.33. The molecule has 24 heavy (non-hydrogen) atoms. The summed E-state index contributed by atoms with van der Waals surface area (Å²) in [6, 6.07) is 0. The van der Waals surface area contributed by atoms with Crippen LogP contribution in [-0.2, 0) is 19.6 Å². The summed E-state index contributed by atoms with van der Waals surface area (Å²) in [7, 11) is 0. The van der Waals surface area contributed by atoms with E-state index in [4.69, 9.17) is 19.6 Å². The molecular formula is C20H36O4. The van der Waals surface area contributed by atoms with E-state index in [9.17, 15) is 0 Å². The van der Waals surface area contributed by atoms with Crippen molar-refractivity contribution in [3.05, 3.63) is 23.8 Å². The van der Waals surface area contributed by atoms with Crippen LogP contribution in [0.25, 0.3) is 0 Å². The molecule has 0 bridgehead atoms. The second-order valence-corrected chi connectivity index (χ2v) is 9.15. The second-order valence-electron chi connectivity index (χ2n) is 9.15. The van der Waals surface area contributed by atoms with E-state index >= 15 is 0 Å². The van der Waals surface area contributed by atoms with Crippen molar-refractivity contribution < 1.29 is 19.6 Å². The molecule has 0 saturated heterocycles. The molecule has 0 saturated carbocycles. The zero-order chi connectivity index (χ0) is 18.8. The zero-order valence-electron chi connectivity index (χ0n) is 17.1. The zero-order valence-corrected chi connectivity index (χ0v) is 17.1. The highest BCUT2D eigenvalue weighted by atomic mass is 17.2. The van der Waals surface area contributed by atoms with Gasteiger partial charge in [-0.1, -0.05) is 33.8 Å². The molecule has 0 heterocycles. The first-order valence-electron chi connectivity index (χ1n) is 8.89. The van der Waals surface area contributed by atoms with Gasteiger partial charge < -0.3 is 0 Å². The summed E-state index contributed by atoms with van der Waals surface area (Å²) in [6.07, 6.45) is 5.85. The van der Waals surface area contributed by atoms with Crippen molar-refractivity contribution in [2.75, 3.05) is 0 Å². The summed E-state index contributed by atoms with van der Waals surface area (Å²) in [5.41, 5.74) is -0.349. The Labute approximate surface area is 148 Å². The number of allylic oxidation sites excluding steroid dienone is 2. The van der Waals surface area contributed by atoms with E-state index in [-0.39, 0.29) is 12.0 Å². The summed E-state index contributed by atoms with van der Waals surface area (Å²) in [4.78, 5) is 23.1. The van der Waals surface area contributed by atoms with E-state index in [1.807, 2.05) is 41.5 Å². The molecule has 140 valence electrons. The van der Waals surface area contributed by atoms with Crippen molar-refractivity contribution in [1.82, 2.24) is 0 Å². The van der Waals surface area contributed by atoms with Crippen LogP contribution < -0.4 is 0 Å². The fourth-order valence-corrected chi connectivity index (χ4v) is 2.26. The van der Waals surface area contributed by atoms with Crippen molar-refractivity contribution in [3.8, 4) is 0 Å². The van der Waals surface area contributed by atoms with Gasteiger partial charge in [0.05, 0.1) is 11.2 Å². The first kappa shape index (κ1) is 21.4. The Balaban J connectivity index is 3.14. The van der Waals surface area contributed by atoms with Crippen LogP contribution in [-0.4, -0.2) is 22.9 Å². The molecule has 4 heteroatoms. The minimum atomic E-state index is -0.739. The summed E-state index contributed by atoms with van der Waals surface area (Å²) < 4.78 is 0. The van der Waals surface area contributed by atoms with Crippen molar-refractivity contribution >= 4 is 0 Å². The van der Waals surface area contributed by atoms with E-state index in [2.05, 4.69) is 45.9 Å². The van der Waals surface area contributed by atoms with Gasteiger partial charge in [-0.2, -0.15) is 0 Å². The predicted molar refractivity (Wildman–Crippen MR) is 97.3 cm³/mol. The molecule has 0 spiro atoms. The monoisotopic (exact) mass is 340 g/mol. The van der Waals surface area contributed by atoms with Crippen molar-refractivity contribution in [1.29, 1.82) is 0 Å². The smallest absolute Gasteiger partial charge is 0.157 e. The van der Waals surface area contributed by atoms with E-state index < -0.39 is 16.8 Å². The molecule has 2 atom stereocenters. The van der Waals surface area contributed by atoms with Gasteiger partial charge in [0.15, 0.2) is 5.60 Å². The van der Waals surface area contributed by atoms with Crippen molar-refractivity contribution in [2.24, 2.45) is 11.8 Å². The van der Waals surface area contributed by atoms with Crippen LogP contribution in [0.5, 0.6) is 0 Å². The van der Waals surface area contributed by atoms with Gasteiger partial charge in [0.25, 0.3) is 0 Å². The highest BCUT2D eigenvalue weighted by Gasteiger charge is 2.46. The molecule has 0 aromatic rings. The highest BCUT2D eigenvalue weighted by Crippen LogP contribution is 2.38. The van der Waals surface area contributed by atoms with Crippen LogP contribution in [0.3, 0.4) is 0 Å². The van der Waals surface area contributed by atoms with E-state index in [1.165, 1.54) is 5.57 Å². The minimum absolute atomic E-state index is 0.134. The van der Waals surface area contributed by atoms with Crippen LogP contribution in [0.1, 0.15) is 69.2 Å². The summed E-state index contributed by atoms with van der Waals surface area (Å²) in [6.45, 7) is 20.3. The van der Waals surface area contributed by atoms with Gasteiger partial charge in [0.1, 0.15) is 6.10 Å². The molecule has 0 aromatic carbocycles. The molecule has 0 radical (unpaired) electrons. The van der Waals surface area contributed by atoms with Crippen molar-refractivity contribution in [3.63, 3.8) is 0 Å². The Morgan fingerprint density at radius 3 is 1.88 bits per heavy atom. The van der Waals surface area contributed by atoms with E-state index in [1.54, 1.807) is 0 Å². The Bertz CT molecular complexity index is 463. The lowest BCUT2D eigenvalue weighted by molar-refractivity contribution is -0.448. The Morgan fingerprint density at radius 2 is 1.46 bits per heavy atom. The summed E-state index contributed by atoms with van der Waals surface area (Å²) >= 11 is 0. The first-order valence-corrected chi connectivity index (χ1v) is 8.89. The Morgan fingerprint density at radius 1 is 0.917 bits per heavy atom. The molecule has 1 rings (SSSR count). The quantitative estimate of drug-likeness (QED) is 0.479. The number of hydrogen-bond donors (Lipinski definition) is 0. The van der Waals surface area contributed by atoms with Crippen LogP contribution in [0, 0.1) is 11.8 Å². The van der Waals surface area contributed by atoms with E-state index in [0.29, 0.717) is 5.92 Å². The molecular weight excluding hydrogens is 304 g/mol. The Kier molecular flexibility index (Phi) is 6.85. The number of hydrogen-bond acceptors (Lipinski definition) is 4. The average molecular weight is 341 g/mol. The molecule has 4 nitrogen and oxygen atoms in total. The fourth-order valence-electron chi connectivity index (χ4n) is 2.26. The van der Waals surface area contributed by atoms with Crippen LogP contribution in [0.4, 0.5) is 0 Å². The number of rotatable bonds is 6. The van der Waals surface area contributed by atoms with Gasteiger partial charge in [-0.05, 0) is 71.1 Å². The molecule has 1 aliphatic rings. The normalized spacial score (nSPS) is 25.5. The van der Waals surface area contributed by atoms with Crippen molar-refractivity contribution in [2.45, 2.75) is 92.1 Å². The average Bonchev–Trinajstić information content (AvgIpc) is 2.41. The predicted octanol–water partition coefficient (Wildman–Crippen LogP) is 5.40. The molecule has 0 amide bonds. The SMILES string of the molecule is CC(C)C1=CC(OOC(C)(C)C)C(OOC(C)(C)C)(C(C)C)C=C1. The van der Waals surface area contributed by atoms with Crippen LogP contribution in [0.2, 0.25) is 0 Å². The maximum atomic E-state index is 5.97. The third-order valence-electron chi connectivity index (χ3n) is 3.73. The first-order chi connectivity index (χ1) is 10.8. The molecule has 0 N–H and O–H groups in total. The van der Waals surface area contributed by atoms with Gasteiger partial charge in [0, 0.05) is 0 Å². The standard InChI is InChI=1S/C20H36O4/c1-14(2)16-11-12-20(15(3)4,24-23-19(8,9)10)17(13-16)21-22-18(5,6)7/h11-15,17H,1-10H3. The molecule has 2 unspecified atom stereocenters. The second kappa shape index (κ2) is 7.69. The Hall–Kier alpha value is -0.680. The lowest BCUT2D eigenvalue weighted by atomic mass is 9.79. The molecule has 0 aliphatic heterocycles. The van der Waals surface area contributed by atoms with Gasteiger partial charge in [-0.3, -0.25) is 0 Å². The maximum Gasteiger partial charge on any atom is 0.157 e. The summed E-state index contributed by atoms with van der Waals surface area (Å²) in [5.74, 6) is 0.533. The fraction of sp³-hybridized carbons (Fsp3) is 0.800. The molecule has 0 aromatic heterocycles. The van der Waals surface area contributed by atoms with Gasteiger partial charge >= 0.3 is 0 Å². The largest absolute Gasteiger partial charge is 0.230 e. The van der Waals surface area contributed by atoms with E-state index in [0.717, 1.165) is 0 Å². The topological polar surface area (TPSA) is 36.9 Å². The molecule has 1 aliphatic carbocycles. The van der Waals surface area contributed by atoms with Gasteiger partial charge in [-0.15, -0.1) is 0 Å². The van der Waals surface area contributed by atoms with Crippen LogP contribution >= 0.6 is 0 Å². The molecule has 0 fully saturated rings. The van der Waals surface area contributed by atoms with Crippen LogP contribution in [0.15, 0.2) is 23.8 Å². The lowest BCUT2D eigenvalue weighted by Crippen LogP contribution is -2.51. The maximum absolute atomic E-state index is 5.97. The minimum Gasteiger partial charge on any atom is -0.230 e. The van der Waals surface area contributed by atoms with Gasteiger partial charge in [0.2, 0.25) is 0 Å². The lowest BCUT2D eigenvalue weighted by Gasteiger charge is -2.42.